The summed E-state index contributed by atoms with van der Waals surface area (Å²) >= 11 is 5.97. The maximum atomic E-state index is 14.3. The summed E-state index contributed by atoms with van der Waals surface area (Å²) in [5.74, 6) is -1.43. The van der Waals surface area contributed by atoms with Gasteiger partial charge in [0.2, 0.25) is 5.91 Å². The molecule has 1 unspecified atom stereocenters. The molecule has 2 saturated heterocycles. The van der Waals surface area contributed by atoms with Crippen LogP contribution in [0.4, 0.5) is 8.78 Å². The van der Waals surface area contributed by atoms with E-state index in [9.17, 15) is 18.4 Å². The van der Waals surface area contributed by atoms with E-state index >= 15 is 0 Å². The van der Waals surface area contributed by atoms with Crippen LogP contribution in [0.3, 0.4) is 0 Å². The van der Waals surface area contributed by atoms with Crippen LogP contribution in [0.2, 0.25) is 5.02 Å². The third-order valence-electron chi connectivity index (χ3n) is 6.70. The van der Waals surface area contributed by atoms with Crippen LogP contribution in [-0.2, 0) is 4.79 Å². The highest BCUT2D eigenvalue weighted by atomic mass is 35.5. The molecule has 0 bridgehead atoms. The number of carbonyl (C=O) groups excluding carboxylic acids is 2. The standard InChI is InChI=1S/C26H29ClF2N2O3/c27-19-5-8-21(9-6-19)34-18-26(16-24(32)30-12-2-1-3-13-30)11-4-14-31(17-26)25(33)22-10-7-20(28)15-23(22)29/h5-10,15H,1-4,11-14,16-18H2. The van der Waals surface area contributed by atoms with E-state index in [0.29, 0.717) is 36.2 Å². The van der Waals surface area contributed by atoms with Crippen LogP contribution in [0.15, 0.2) is 42.5 Å². The van der Waals surface area contributed by atoms with Crippen molar-refractivity contribution < 1.29 is 23.1 Å². The Bertz CT molecular complexity index is 1030. The fourth-order valence-electron chi connectivity index (χ4n) is 4.87. The number of halogens is 3. The molecule has 2 aliphatic rings. The second kappa shape index (κ2) is 10.7. The number of hydrogen-bond donors (Lipinski definition) is 0. The summed E-state index contributed by atoms with van der Waals surface area (Å²) in [5.41, 5.74) is -0.781. The van der Waals surface area contributed by atoms with E-state index in [1.54, 1.807) is 29.2 Å². The Kier molecular flexibility index (Phi) is 7.71. The van der Waals surface area contributed by atoms with E-state index in [1.807, 2.05) is 4.90 Å². The van der Waals surface area contributed by atoms with Gasteiger partial charge in [0.1, 0.15) is 17.4 Å². The number of ether oxygens (including phenoxy) is 1. The Balaban J connectivity index is 1.54. The van der Waals surface area contributed by atoms with Gasteiger partial charge in [0, 0.05) is 49.1 Å². The third kappa shape index (κ3) is 5.87. The monoisotopic (exact) mass is 490 g/mol. The summed E-state index contributed by atoms with van der Waals surface area (Å²) in [7, 11) is 0. The average Bonchev–Trinajstić information content (AvgIpc) is 2.84. The van der Waals surface area contributed by atoms with Crippen LogP contribution in [-0.4, -0.2) is 54.4 Å². The Morgan fingerprint density at radius 3 is 2.35 bits per heavy atom. The van der Waals surface area contributed by atoms with Crippen molar-refractivity contribution in [2.75, 3.05) is 32.8 Å². The van der Waals surface area contributed by atoms with E-state index in [1.165, 1.54) is 6.07 Å². The summed E-state index contributed by atoms with van der Waals surface area (Å²) in [6.45, 7) is 2.43. The van der Waals surface area contributed by atoms with Gasteiger partial charge >= 0.3 is 0 Å². The van der Waals surface area contributed by atoms with Crippen LogP contribution >= 0.6 is 11.6 Å². The van der Waals surface area contributed by atoms with Crippen molar-refractivity contribution in [1.82, 2.24) is 9.80 Å². The highest BCUT2D eigenvalue weighted by molar-refractivity contribution is 6.30. The molecule has 2 heterocycles. The second-order valence-electron chi connectivity index (χ2n) is 9.32. The number of piperidine rings is 2. The molecule has 0 radical (unpaired) electrons. The van der Waals surface area contributed by atoms with E-state index < -0.39 is 23.0 Å². The number of hydrogen-bond acceptors (Lipinski definition) is 3. The van der Waals surface area contributed by atoms with Gasteiger partial charge < -0.3 is 14.5 Å². The molecule has 0 saturated carbocycles. The van der Waals surface area contributed by atoms with Crippen molar-refractivity contribution >= 4 is 23.4 Å². The summed E-state index contributed by atoms with van der Waals surface area (Å²) in [6.07, 6.45) is 4.72. The number of nitrogens with zero attached hydrogens (tertiary/aromatic N) is 2. The Labute approximate surface area is 203 Å². The summed E-state index contributed by atoms with van der Waals surface area (Å²) in [4.78, 5) is 29.8. The molecule has 0 aromatic heterocycles. The number of benzene rings is 2. The minimum atomic E-state index is -0.886. The van der Waals surface area contributed by atoms with Crippen molar-refractivity contribution in [2.45, 2.75) is 38.5 Å². The molecule has 8 heteroatoms. The fraction of sp³-hybridized carbons (Fsp3) is 0.462. The Morgan fingerprint density at radius 2 is 1.65 bits per heavy atom. The van der Waals surface area contributed by atoms with Crippen molar-refractivity contribution in [3.8, 4) is 5.75 Å². The Hall–Kier alpha value is -2.67. The van der Waals surface area contributed by atoms with Gasteiger partial charge in [-0.3, -0.25) is 9.59 Å². The summed E-state index contributed by atoms with van der Waals surface area (Å²) in [6, 6.07) is 9.97. The van der Waals surface area contributed by atoms with Gasteiger partial charge in [0.15, 0.2) is 0 Å². The molecule has 2 fully saturated rings. The van der Waals surface area contributed by atoms with Crippen molar-refractivity contribution in [3.05, 3.63) is 64.7 Å². The predicted molar refractivity (Wildman–Crippen MR) is 126 cm³/mol. The van der Waals surface area contributed by atoms with E-state index in [4.69, 9.17) is 16.3 Å². The number of rotatable bonds is 6. The zero-order chi connectivity index (χ0) is 24.1. The molecule has 2 aliphatic heterocycles. The first-order chi connectivity index (χ1) is 16.3. The summed E-state index contributed by atoms with van der Waals surface area (Å²) in [5, 5.41) is 0.595. The topological polar surface area (TPSA) is 49.9 Å². The van der Waals surface area contributed by atoms with E-state index in [2.05, 4.69) is 0 Å². The highest BCUT2D eigenvalue weighted by Crippen LogP contribution is 2.36. The lowest BCUT2D eigenvalue weighted by Crippen LogP contribution is -2.51. The molecule has 4 rings (SSSR count). The first-order valence-corrected chi connectivity index (χ1v) is 12.1. The van der Waals surface area contributed by atoms with E-state index in [0.717, 1.165) is 38.4 Å². The van der Waals surface area contributed by atoms with Crippen molar-refractivity contribution in [1.29, 1.82) is 0 Å². The predicted octanol–water partition coefficient (Wildman–Crippen LogP) is 5.32. The van der Waals surface area contributed by atoms with Crippen LogP contribution in [0.25, 0.3) is 0 Å². The lowest BCUT2D eigenvalue weighted by atomic mass is 9.77. The van der Waals surface area contributed by atoms with Gasteiger partial charge in [-0.15, -0.1) is 0 Å². The molecule has 1 atom stereocenters. The zero-order valence-electron chi connectivity index (χ0n) is 19.1. The van der Waals surface area contributed by atoms with Crippen LogP contribution in [0.5, 0.6) is 5.75 Å². The van der Waals surface area contributed by atoms with Gasteiger partial charge in [0.05, 0.1) is 12.2 Å². The molecule has 5 nitrogen and oxygen atoms in total. The molecule has 0 aliphatic carbocycles. The Morgan fingerprint density at radius 1 is 0.941 bits per heavy atom. The fourth-order valence-corrected chi connectivity index (χ4v) is 5.00. The first kappa shape index (κ1) is 24.5. The van der Waals surface area contributed by atoms with Gasteiger partial charge in [0.25, 0.3) is 5.91 Å². The lowest BCUT2D eigenvalue weighted by molar-refractivity contribution is -0.136. The average molecular weight is 491 g/mol. The molecule has 0 spiro atoms. The molecule has 0 N–H and O–H groups in total. The van der Waals surface area contributed by atoms with Crippen molar-refractivity contribution in [3.63, 3.8) is 0 Å². The quantitative estimate of drug-likeness (QED) is 0.550. The molecule has 2 aromatic carbocycles. The molecule has 34 heavy (non-hydrogen) atoms. The normalized spacial score (nSPS) is 20.8. The van der Waals surface area contributed by atoms with Gasteiger partial charge in [-0.2, -0.15) is 0 Å². The largest absolute Gasteiger partial charge is 0.493 e. The number of carbonyl (C=O) groups is 2. The number of amides is 2. The first-order valence-electron chi connectivity index (χ1n) is 11.8. The minimum Gasteiger partial charge on any atom is -0.493 e. The molecular weight excluding hydrogens is 462 g/mol. The third-order valence-corrected chi connectivity index (χ3v) is 6.96. The van der Waals surface area contributed by atoms with Crippen LogP contribution in [0.1, 0.15) is 48.9 Å². The van der Waals surface area contributed by atoms with Crippen LogP contribution < -0.4 is 4.74 Å². The van der Waals surface area contributed by atoms with E-state index in [-0.39, 0.29) is 31.0 Å². The van der Waals surface area contributed by atoms with Gasteiger partial charge in [-0.05, 0) is 68.5 Å². The van der Waals surface area contributed by atoms with Gasteiger partial charge in [-0.25, -0.2) is 8.78 Å². The molecule has 2 amide bonds. The summed E-state index contributed by atoms with van der Waals surface area (Å²) < 4.78 is 33.7. The maximum absolute atomic E-state index is 14.3. The van der Waals surface area contributed by atoms with Crippen molar-refractivity contribution in [2.24, 2.45) is 5.41 Å². The zero-order valence-corrected chi connectivity index (χ0v) is 19.8. The molecular formula is C26H29ClF2N2O3. The molecule has 182 valence electrons. The van der Waals surface area contributed by atoms with Gasteiger partial charge in [-0.1, -0.05) is 11.6 Å². The molecule has 2 aromatic rings. The second-order valence-corrected chi connectivity index (χ2v) is 9.75. The highest BCUT2D eigenvalue weighted by Gasteiger charge is 2.41. The smallest absolute Gasteiger partial charge is 0.256 e. The lowest BCUT2D eigenvalue weighted by Gasteiger charge is -2.43. The maximum Gasteiger partial charge on any atom is 0.256 e. The number of likely N-dealkylation sites (tertiary alicyclic amines) is 2. The van der Waals surface area contributed by atoms with Crippen LogP contribution in [0, 0.1) is 17.0 Å². The minimum absolute atomic E-state index is 0.0571. The SMILES string of the molecule is O=C(CC1(COc2ccc(Cl)cc2)CCCN(C(=O)c2ccc(F)cc2F)C1)N1CCCCC1.